The highest BCUT2D eigenvalue weighted by Crippen LogP contribution is 2.21. The maximum Gasteiger partial charge on any atom is 0.234 e. The van der Waals surface area contributed by atoms with E-state index in [9.17, 15) is 4.79 Å². The summed E-state index contributed by atoms with van der Waals surface area (Å²) in [7, 11) is 4.01. The van der Waals surface area contributed by atoms with E-state index in [4.69, 9.17) is 11.6 Å². The van der Waals surface area contributed by atoms with E-state index in [2.05, 4.69) is 10.6 Å². The third-order valence-electron chi connectivity index (χ3n) is 3.88. The van der Waals surface area contributed by atoms with E-state index in [1.807, 2.05) is 74.4 Å². The first-order chi connectivity index (χ1) is 11.5. The molecular formula is C19H24ClN3O. The van der Waals surface area contributed by atoms with Gasteiger partial charge in [0.05, 0.1) is 6.54 Å². The fraction of sp³-hybridized carbons (Fsp3) is 0.316. The number of halogens is 1. The van der Waals surface area contributed by atoms with Crippen molar-refractivity contribution in [2.45, 2.75) is 19.5 Å². The van der Waals surface area contributed by atoms with Gasteiger partial charge in [0, 0.05) is 37.4 Å². The van der Waals surface area contributed by atoms with Crippen molar-refractivity contribution in [1.29, 1.82) is 0 Å². The predicted molar refractivity (Wildman–Crippen MR) is 100 cm³/mol. The van der Waals surface area contributed by atoms with Crippen LogP contribution in [0.25, 0.3) is 0 Å². The van der Waals surface area contributed by atoms with Gasteiger partial charge in [-0.05, 0) is 36.2 Å². The first-order valence-electron chi connectivity index (χ1n) is 7.98. The molecule has 0 aliphatic rings. The molecule has 1 amide bonds. The van der Waals surface area contributed by atoms with E-state index in [0.717, 1.165) is 16.8 Å². The number of carbonyl (C=O) groups excluding carboxylic acids is 1. The minimum absolute atomic E-state index is 0.0174. The molecule has 0 aliphatic heterocycles. The van der Waals surface area contributed by atoms with Gasteiger partial charge >= 0.3 is 0 Å². The van der Waals surface area contributed by atoms with Crippen molar-refractivity contribution in [3.63, 3.8) is 0 Å². The highest BCUT2D eigenvalue weighted by molar-refractivity contribution is 6.31. The van der Waals surface area contributed by atoms with E-state index in [-0.39, 0.29) is 18.5 Å². The molecule has 0 saturated heterocycles. The molecule has 0 radical (unpaired) electrons. The Bertz CT molecular complexity index is 671. The fourth-order valence-electron chi connectivity index (χ4n) is 2.36. The van der Waals surface area contributed by atoms with Crippen molar-refractivity contribution >= 4 is 23.2 Å². The molecule has 2 rings (SSSR count). The molecular weight excluding hydrogens is 322 g/mol. The number of carbonyl (C=O) groups is 1. The molecule has 128 valence electrons. The minimum Gasteiger partial charge on any atom is -0.378 e. The SMILES string of the molecule is CC(NCC(=O)NCc1ccc(N(C)C)cc1)c1ccccc1Cl. The lowest BCUT2D eigenvalue weighted by Gasteiger charge is -2.16. The standard InChI is InChI=1S/C19H24ClN3O/c1-14(17-6-4-5-7-18(17)20)21-13-19(24)22-12-15-8-10-16(11-9-15)23(2)3/h4-11,14,21H,12-13H2,1-3H3,(H,22,24). The lowest BCUT2D eigenvalue weighted by atomic mass is 10.1. The van der Waals surface area contributed by atoms with Crippen molar-refractivity contribution in [2.24, 2.45) is 0 Å². The summed E-state index contributed by atoms with van der Waals surface area (Å²) >= 11 is 6.17. The third-order valence-corrected chi connectivity index (χ3v) is 4.23. The van der Waals surface area contributed by atoms with Gasteiger partial charge in [-0.15, -0.1) is 0 Å². The van der Waals surface area contributed by atoms with E-state index in [0.29, 0.717) is 11.6 Å². The number of benzene rings is 2. The Balaban J connectivity index is 1.78. The Morgan fingerprint density at radius 2 is 1.79 bits per heavy atom. The van der Waals surface area contributed by atoms with Crippen LogP contribution >= 0.6 is 11.6 Å². The zero-order chi connectivity index (χ0) is 17.5. The molecule has 0 fully saturated rings. The Morgan fingerprint density at radius 1 is 1.12 bits per heavy atom. The Morgan fingerprint density at radius 3 is 2.42 bits per heavy atom. The van der Waals surface area contributed by atoms with E-state index >= 15 is 0 Å². The van der Waals surface area contributed by atoms with Crippen molar-refractivity contribution < 1.29 is 4.79 Å². The summed E-state index contributed by atoms with van der Waals surface area (Å²) in [5.74, 6) is -0.0365. The summed E-state index contributed by atoms with van der Waals surface area (Å²) in [5.41, 5.74) is 3.21. The first kappa shape index (κ1) is 18.3. The molecule has 1 atom stereocenters. The molecule has 1 unspecified atom stereocenters. The van der Waals surface area contributed by atoms with Crippen LogP contribution in [0.2, 0.25) is 5.02 Å². The minimum atomic E-state index is -0.0365. The second-order valence-electron chi connectivity index (χ2n) is 5.96. The van der Waals surface area contributed by atoms with Crippen LogP contribution in [0.4, 0.5) is 5.69 Å². The van der Waals surface area contributed by atoms with Crippen LogP contribution in [0.5, 0.6) is 0 Å². The Hall–Kier alpha value is -2.04. The van der Waals surface area contributed by atoms with E-state index < -0.39 is 0 Å². The molecule has 4 nitrogen and oxygen atoms in total. The lowest BCUT2D eigenvalue weighted by Crippen LogP contribution is -2.34. The zero-order valence-electron chi connectivity index (χ0n) is 14.3. The molecule has 0 aliphatic carbocycles. The molecule has 2 N–H and O–H groups in total. The number of hydrogen-bond donors (Lipinski definition) is 2. The second-order valence-corrected chi connectivity index (χ2v) is 6.37. The second kappa shape index (κ2) is 8.71. The summed E-state index contributed by atoms with van der Waals surface area (Å²) in [5, 5.41) is 6.83. The van der Waals surface area contributed by atoms with Gasteiger partial charge in [-0.1, -0.05) is 41.9 Å². The summed E-state index contributed by atoms with van der Waals surface area (Å²) in [6.07, 6.45) is 0. The molecule has 5 heteroatoms. The maximum absolute atomic E-state index is 12.0. The number of rotatable bonds is 7. The van der Waals surface area contributed by atoms with Crippen LogP contribution in [0.3, 0.4) is 0 Å². The van der Waals surface area contributed by atoms with E-state index in [1.165, 1.54) is 0 Å². The van der Waals surface area contributed by atoms with Gasteiger partial charge in [-0.2, -0.15) is 0 Å². The molecule has 0 saturated carbocycles. The molecule has 0 bridgehead atoms. The Kier molecular flexibility index (Phi) is 6.64. The zero-order valence-corrected chi connectivity index (χ0v) is 15.1. The topological polar surface area (TPSA) is 44.4 Å². The van der Waals surface area contributed by atoms with E-state index in [1.54, 1.807) is 0 Å². The number of amides is 1. The van der Waals surface area contributed by atoms with Gasteiger partial charge in [0.25, 0.3) is 0 Å². The van der Waals surface area contributed by atoms with Gasteiger partial charge in [-0.25, -0.2) is 0 Å². The van der Waals surface area contributed by atoms with Gasteiger partial charge in [0.15, 0.2) is 0 Å². The highest BCUT2D eigenvalue weighted by Gasteiger charge is 2.10. The molecule has 0 aromatic heterocycles. The molecule has 24 heavy (non-hydrogen) atoms. The smallest absolute Gasteiger partial charge is 0.234 e. The maximum atomic E-state index is 12.0. The largest absolute Gasteiger partial charge is 0.378 e. The summed E-state index contributed by atoms with van der Waals surface area (Å²) < 4.78 is 0. The number of hydrogen-bond acceptors (Lipinski definition) is 3. The summed E-state index contributed by atoms with van der Waals surface area (Å²) in [6, 6.07) is 15.8. The number of nitrogens with zero attached hydrogens (tertiary/aromatic N) is 1. The first-order valence-corrected chi connectivity index (χ1v) is 8.36. The van der Waals surface area contributed by atoms with Crippen LogP contribution in [-0.4, -0.2) is 26.5 Å². The van der Waals surface area contributed by atoms with Gasteiger partial charge in [0.2, 0.25) is 5.91 Å². The van der Waals surface area contributed by atoms with Crippen LogP contribution in [-0.2, 0) is 11.3 Å². The van der Waals surface area contributed by atoms with Crippen LogP contribution in [0.15, 0.2) is 48.5 Å². The van der Waals surface area contributed by atoms with Crippen LogP contribution in [0, 0.1) is 0 Å². The van der Waals surface area contributed by atoms with Crippen LogP contribution < -0.4 is 15.5 Å². The monoisotopic (exact) mass is 345 g/mol. The van der Waals surface area contributed by atoms with Crippen molar-refractivity contribution in [1.82, 2.24) is 10.6 Å². The van der Waals surface area contributed by atoms with Crippen molar-refractivity contribution in [3.8, 4) is 0 Å². The van der Waals surface area contributed by atoms with Gasteiger partial charge in [0.1, 0.15) is 0 Å². The molecule has 0 spiro atoms. The van der Waals surface area contributed by atoms with Crippen LogP contribution in [0.1, 0.15) is 24.1 Å². The summed E-state index contributed by atoms with van der Waals surface area (Å²) in [6.45, 7) is 2.77. The number of nitrogens with one attached hydrogen (secondary N) is 2. The summed E-state index contributed by atoms with van der Waals surface area (Å²) in [4.78, 5) is 14.0. The predicted octanol–water partition coefficient (Wildman–Crippen LogP) is 3.37. The van der Waals surface area contributed by atoms with Crippen molar-refractivity contribution in [2.75, 3.05) is 25.5 Å². The molecule has 0 heterocycles. The molecule has 2 aromatic rings. The quantitative estimate of drug-likeness (QED) is 0.808. The van der Waals surface area contributed by atoms with Gasteiger partial charge in [-0.3, -0.25) is 4.79 Å². The fourth-order valence-corrected chi connectivity index (χ4v) is 2.66. The normalized spacial score (nSPS) is 11.8. The highest BCUT2D eigenvalue weighted by atomic mass is 35.5. The average molecular weight is 346 g/mol. The average Bonchev–Trinajstić information content (AvgIpc) is 2.58. The Labute approximate surface area is 148 Å². The lowest BCUT2D eigenvalue weighted by molar-refractivity contribution is -0.120. The molecule has 2 aromatic carbocycles. The number of anilines is 1. The third kappa shape index (κ3) is 5.25. The van der Waals surface area contributed by atoms with Gasteiger partial charge < -0.3 is 15.5 Å². The van der Waals surface area contributed by atoms with Crippen molar-refractivity contribution in [3.05, 3.63) is 64.7 Å².